The molecular formula is C10H12N2O2S. The smallest absolute Gasteiger partial charge is 0.347 e. The highest BCUT2D eigenvalue weighted by Crippen LogP contribution is 2.23. The summed E-state index contributed by atoms with van der Waals surface area (Å²) in [6.45, 7) is 3.83. The van der Waals surface area contributed by atoms with E-state index in [9.17, 15) is 4.79 Å². The second-order valence-corrected chi connectivity index (χ2v) is 4.32. The van der Waals surface area contributed by atoms with Gasteiger partial charge in [0.1, 0.15) is 4.88 Å². The van der Waals surface area contributed by atoms with Crippen LogP contribution in [0.15, 0.2) is 6.20 Å². The van der Waals surface area contributed by atoms with Gasteiger partial charge < -0.3 is 10.4 Å². The highest BCUT2D eigenvalue weighted by molar-refractivity contribution is 7.17. The largest absolute Gasteiger partial charge is 0.477 e. The van der Waals surface area contributed by atoms with Crippen molar-refractivity contribution >= 4 is 22.4 Å². The van der Waals surface area contributed by atoms with Crippen LogP contribution < -0.4 is 5.32 Å². The van der Waals surface area contributed by atoms with Crippen molar-refractivity contribution in [3.63, 3.8) is 0 Å². The van der Waals surface area contributed by atoms with E-state index in [2.05, 4.69) is 16.2 Å². The zero-order chi connectivity index (χ0) is 11.5. The Morgan fingerprint density at radius 2 is 2.53 bits per heavy atom. The fourth-order valence-electron chi connectivity index (χ4n) is 0.893. The van der Waals surface area contributed by atoms with E-state index < -0.39 is 11.5 Å². The van der Waals surface area contributed by atoms with Gasteiger partial charge in [0, 0.05) is 0 Å². The maximum atomic E-state index is 10.6. The van der Waals surface area contributed by atoms with E-state index in [1.165, 1.54) is 6.20 Å². The third-order valence-electron chi connectivity index (χ3n) is 2.12. The number of anilines is 1. The van der Waals surface area contributed by atoms with Crippen molar-refractivity contribution in [2.75, 3.05) is 5.32 Å². The summed E-state index contributed by atoms with van der Waals surface area (Å²) >= 11 is 1.08. The van der Waals surface area contributed by atoms with Gasteiger partial charge in [0.05, 0.1) is 11.7 Å². The Bertz CT molecular complexity index is 408. The highest BCUT2D eigenvalue weighted by Gasteiger charge is 2.20. The number of carboxylic acid groups (broad SMARTS) is 1. The number of hydrogen-bond acceptors (Lipinski definition) is 4. The number of carbonyl (C=O) groups is 1. The molecule has 1 aromatic heterocycles. The summed E-state index contributed by atoms with van der Waals surface area (Å²) in [4.78, 5) is 14.8. The van der Waals surface area contributed by atoms with Crippen LogP contribution >= 0.6 is 11.3 Å². The molecule has 5 heteroatoms. The minimum Gasteiger partial charge on any atom is -0.477 e. The molecular weight excluding hydrogens is 212 g/mol. The minimum atomic E-state index is -0.973. The second kappa shape index (κ2) is 4.32. The number of carboxylic acids is 1. The topological polar surface area (TPSA) is 62.2 Å². The number of aromatic carboxylic acids is 1. The molecule has 0 saturated heterocycles. The maximum absolute atomic E-state index is 10.6. The normalized spacial score (nSPS) is 13.9. The van der Waals surface area contributed by atoms with Crippen LogP contribution in [0.1, 0.15) is 29.9 Å². The van der Waals surface area contributed by atoms with Gasteiger partial charge in [0.15, 0.2) is 5.13 Å². The second-order valence-electron chi connectivity index (χ2n) is 3.29. The lowest BCUT2D eigenvalue weighted by molar-refractivity contribution is 0.0702. The number of nitrogens with one attached hydrogen (secondary N) is 1. The molecule has 0 saturated carbocycles. The quantitative estimate of drug-likeness (QED) is 0.768. The number of thiazole rings is 1. The van der Waals surface area contributed by atoms with Crippen LogP contribution in [0.25, 0.3) is 0 Å². The molecule has 0 aliphatic carbocycles. The first-order chi connectivity index (χ1) is 7.00. The summed E-state index contributed by atoms with van der Waals surface area (Å²) in [6, 6.07) is 0. The average molecular weight is 224 g/mol. The summed E-state index contributed by atoms with van der Waals surface area (Å²) < 4.78 is 0. The van der Waals surface area contributed by atoms with Crippen molar-refractivity contribution in [1.82, 2.24) is 4.98 Å². The van der Waals surface area contributed by atoms with Crippen molar-refractivity contribution < 1.29 is 9.90 Å². The minimum absolute atomic E-state index is 0.202. The van der Waals surface area contributed by atoms with Crippen LogP contribution in [0.5, 0.6) is 0 Å². The van der Waals surface area contributed by atoms with Gasteiger partial charge in [0.25, 0.3) is 0 Å². The van der Waals surface area contributed by atoms with Gasteiger partial charge in [-0.1, -0.05) is 24.2 Å². The Hall–Kier alpha value is -1.54. The van der Waals surface area contributed by atoms with Crippen LogP contribution in [-0.4, -0.2) is 21.6 Å². The molecule has 0 aliphatic heterocycles. The third-order valence-corrected chi connectivity index (χ3v) is 3.03. The predicted molar refractivity (Wildman–Crippen MR) is 60.2 cm³/mol. The van der Waals surface area contributed by atoms with Gasteiger partial charge in [-0.15, -0.1) is 6.42 Å². The fraction of sp³-hybridized carbons (Fsp3) is 0.400. The van der Waals surface area contributed by atoms with E-state index >= 15 is 0 Å². The highest BCUT2D eigenvalue weighted by atomic mass is 32.1. The molecule has 1 heterocycles. The van der Waals surface area contributed by atoms with E-state index in [1.54, 1.807) is 0 Å². The molecule has 0 radical (unpaired) electrons. The Labute approximate surface area is 92.4 Å². The molecule has 0 spiro atoms. The summed E-state index contributed by atoms with van der Waals surface area (Å²) in [6.07, 6.45) is 7.44. The Balaban J connectivity index is 2.82. The first-order valence-electron chi connectivity index (χ1n) is 4.46. The molecule has 80 valence electrons. The number of nitrogens with zero attached hydrogens (tertiary/aromatic N) is 1. The van der Waals surface area contributed by atoms with Crippen molar-refractivity contribution in [2.45, 2.75) is 25.8 Å². The molecule has 0 aliphatic rings. The molecule has 1 unspecified atom stereocenters. The van der Waals surface area contributed by atoms with Crippen molar-refractivity contribution in [3.8, 4) is 12.3 Å². The van der Waals surface area contributed by atoms with Crippen molar-refractivity contribution in [3.05, 3.63) is 11.1 Å². The van der Waals surface area contributed by atoms with E-state index in [4.69, 9.17) is 11.5 Å². The van der Waals surface area contributed by atoms with Crippen molar-refractivity contribution in [2.24, 2.45) is 0 Å². The maximum Gasteiger partial charge on any atom is 0.347 e. The summed E-state index contributed by atoms with van der Waals surface area (Å²) in [5.41, 5.74) is -0.479. The SMILES string of the molecule is C#CC(C)(CC)Nc1ncc(C(=O)O)s1. The van der Waals surface area contributed by atoms with Gasteiger partial charge in [-0.3, -0.25) is 0 Å². The van der Waals surface area contributed by atoms with Gasteiger partial charge in [-0.25, -0.2) is 9.78 Å². The predicted octanol–water partition coefficient (Wildman–Crippen LogP) is 2.06. The number of hydrogen-bond donors (Lipinski definition) is 2. The molecule has 0 fully saturated rings. The van der Waals surface area contributed by atoms with Gasteiger partial charge in [0.2, 0.25) is 0 Å². The summed E-state index contributed by atoms with van der Waals surface area (Å²) in [5, 5.41) is 12.3. The van der Waals surface area contributed by atoms with Crippen LogP contribution in [-0.2, 0) is 0 Å². The molecule has 2 N–H and O–H groups in total. The summed E-state index contributed by atoms with van der Waals surface area (Å²) in [5.74, 6) is 1.65. The third kappa shape index (κ3) is 2.70. The zero-order valence-electron chi connectivity index (χ0n) is 8.57. The zero-order valence-corrected chi connectivity index (χ0v) is 9.39. The number of aromatic nitrogens is 1. The van der Waals surface area contributed by atoms with Crippen molar-refractivity contribution in [1.29, 1.82) is 0 Å². The standard InChI is InChI=1S/C10H12N2O2S/c1-4-10(3,5-2)12-9-11-6-7(15-9)8(13)14/h1,6H,5H2,2-3H3,(H,11,12)(H,13,14). The summed E-state index contributed by atoms with van der Waals surface area (Å²) in [7, 11) is 0. The molecule has 0 bridgehead atoms. The lowest BCUT2D eigenvalue weighted by Gasteiger charge is -2.22. The Morgan fingerprint density at radius 3 is 2.93 bits per heavy atom. The fourth-order valence-corrected chi connectivity index (χ4v) is 1.68. The van der Waals surface area contributed by atoms with Crippen LogP contribution in [0.2, 0.25) is 0 Å². The molecule has 0 aromatic carbocycles. The molecule has 1 rings (SSSR count). The van der Waals surface area contributed by atoms with Gasteiger partial charge in [-0.2, -0.15) is 0 Å². The van der Waals surface area contributed by atoms with E-state index in [-0.39, 0.29) is 4.88 Å². The van der Waals surface area contributed by atoms with Crippen LogP contribution in [0.3, 0.4) is 0 Å². The number of terminal acetylenes is 1. The molecule has 1 aromatic rings. The Kier molecular flexibility index (Phi) is 3.32. The molecule has 0 amide bonds. The molecule has 1 atom stereocenters. The van der Waals surface area contributed by atoms with E-state index in [0.29, 0.717) is 5.13 Å². The van der Waals surface area contributed by atoms with Gasteiger partial charge in [-0.05, 0) is 13.3 Å². The monoisotopic (exact) mass is 224 g/mol. The molecule has 4 nitrogen and oxygen atoms in total. The first-order valence-corrected chi connectivity index (χ1v) is 5.27. The Morgan fingerprint density at radius 1 is 1.87 bits per heavy atom. The van der Waals surface area contributed by atoms with Gasteiger partial charge >= 0.3 is 5.97 Å². The van der Waals surface area contributed by atoms with E-state index in [1.807, 2.05) is 13.8 Å². The molecule has 15 heavy (non-hydrogen) atoms. The lowest BCUT2D eigenvalue weighted by atomic mass is 10.0. The average Bonchev–Trinajstić information content (AvgIpc) is 2.66. The van der Waals surface area contributed by atoms with E-state index in [0.717, 1.165) is 17.8 Å². The lowest BCUT2D eigenvalue weighted by Crippen LogP contribution is -2.31. The first kappa shape index (κ1) is 11.5. The van der Waals surface area contributed by atoms with Crippen LogP contribution in [0.4, 0.5) is 5.13 Å². The van der Waals surface area contributed by atoms with Crippen LogP contribution in [0, 0.1) is 12.3 Å². The number of rotatable bonds is 4.